The van der Waals surface area contributed by atoms with Gasteiger partial charge in [0, 0.05) is 5.92 Å². The minimum Gasteiger partial charge on any atom is -0.299 e. The molecule has 4 nitrogen and oxygen atoms in total. The van der Waals surface area contributed by atoms with Gasteiger partial charge in [0.15, 0.2) is 0 Å². The van der Waals surface area contributed by atoms with E-state index in [4.69, 9.17) is 9.05 Å². The fourth-order valence-electron chi connectivity index (χ4n) is 0.956. The summed E-state index contributed by atoms with van der Waals surface area (Å²) < 4.78 is 22.4. The van der Waals surface area contributed by atoms with Gasteiger partial charge in [-0.1, -0.05) is 38.2 Å². The summed E-state index contributed by atoms with van der Waals surface area (Å²) in [7, 11) is -3.67. The van der Waals surface area contributed by atoms with E-state index in [1.807, 2.05) is 13.8 Å². The SMILES string of the molecule is C/C=C/COP(=O)(OC/C=C/C)C(=O)C(C)C. The second-order valence-corrected chi connectivity index (χ2v) is 5.67. The molecule has 0 aromatic rings. The summed E-state index contributed by atoms with van der Waals surface area (Å²) in [6.45, 7) is 7.21. The van der Waals surface area contributed by atoms with E-state index in [0.29, 0.717) is 0 Å². The van der Waals surface area contributed by atoms with Crippen molar-refractivity contribution in [2.24, 2.45) is 5.92 Å². The third-order valence-electron chi connectivity index (χ3n) is 1.92. The van der Waals surface area contributed by atoms with Gasteiger partial charge in [-0.15, -0.1) is 0 Å². The second-order valence-electron chi connectivity index (χ2n) is 3.72. The normalized spacial score (nSPS) is 13.0. The molecule has 0 spiro atoms. The molecule has 0 aromatic heterocycles. The van der Waals surface area contributed by atoms with Crippen molar-refractivity contribution in [2.45, 2.75) is 27.7 Å². The van der Waals surface area contributed by atoms with Crippen LogP contribution in [0.2, 0.25) is 0 Å². The fourth-order valence-corrected chi connectivity index (χ4v) is 2.48. The molecular weight excluding hydrogens is 239 g/mol. The monoisotopic (exact) mass is 260 g/mol. The van der Waals surface area contributed by atoms with Crippen molar-refractivity contribution in [3.63, 3.8) is 0 Å². The van der Waals surface area contributed by atoms with Crippen LogP contribution in [0.5, 0.6) is 0 Å². The molecule has 0 amide bonds. The van der Waals surface area contributed by atoms with Crippen LogP contribution in [0, 0.1) is 5.92 Å². The Morgan fingerprint density at radius 1 is 1.12 bits per heavy atom. The molecule has 0 saturated carbocycles. The van der Waals surface area contributed by atoms with E-state index in [1.54, 1.807) is 38.2 Å². The van der Waals surface area contributed by atoms with Crippen LogP contribution >= 0.6 is 7.60 Å². The van der Waals surface area contributed by atoms with Crippen molar-refractivity contribution in [1.82, 2.24) is 0 Å². The van der Waals surface area contributed by atoms with Crippen LogP contribution in [0.1, 0.15) is 27.7 Å². The zero-order valence-electron chi connectivity index (χ0n) is 10.9. The highest BCUT2D eigenvalue weighted by molar-refractivity contribution is 7.71. The molecule has 0 saturated heterocycles. The molecular formula is C12H21O4P. The number of rotatable bonds is 8. The van der Waals surface area contributed by atoms with Gasteiger partial charge in [-0.2, -0.15) is 0 Å². The van der Waals surface area contributed by atoms with Crippen LogP contribution in [0.25, 0.3) is 0 Å². The van der Waals surface area contributed by atoms with Crippen molar-refractivity contribution in [3.8, 4) is 0 Å². The molecule has 0 aliphatic rings. The van der Waals surface area contributed by atoms with E-state index in [-0.39, 0.29) is 19.1 Å². The van der Waals surface area contributed by atoms with E-state index >= 15 is 0 Å². The van der Waals surface area contributed by atoms with Crippen LogP contribution in [-0.4, -0.2) is 18.7 Å². The predicted octanol–water partition coefficient (Wildman–Crippen LogP) is 3.55. The average molecular weight is 260 g/mol. The summed E-state index contributed by atoms with van der Waals surface area (Å²) in [5, 5.41) is 0. The van der Waals surface area contributed by atoms with Gasteiger partial charge >= 0.3 is 7.60 Å². The predicted molar refractivity (Wildman–Crippen MR) is 69.0 cm³/mol. The van der Waals surface area contributed by atoms with Crippen LogP contribution in [-0.2, 0) is 18.4 Å². The lowest BCUT2D eigenvalue weighted by Crippen LogP contribution is -2.12. The smallest absolute Gasteiger partial charge is 0.299 e. The molecule has 0 aliphatic carbocycles. The summed E-state index contributed by atoms with van der Waals surface area (Å²) in [4.78, 5) is 11.8. The average Bonchev–Trinajstić information content (AvgIpc) is 2.28. The number of carbonyl (C=O) groups excluding carboxylic acids is 1. The molecule has 98 valence electrons. The summed E-state index contributed by atoms with van der Waals surface area (Å²) in [6.07, 6.45) is 6.88. The molecule has 0 aromatic carbocycles. The van der Waals surface area contributed by atoms with Crippen molar-refractivity contribution in [1.29, 1.82) is 0 Å². The van der Waals surface area contributed by atoms with Gasteiger partial charge < -0.3 is 0 Å². The first-order valence-electron chi connectivity index (χ1n) is 5.63. The van der Waals surface area contributed by atoms with Crippen molar-refractivity contribution >= 4 is 13.1 Å². The minimum atomic E-state index is -3.67. The Balaban J connectivity index is 4.68. The minimum absolute atomic E-state index is 0.113. The molecule has 0 fully saturated rings. The maximum atomic E-state index is 12.2. The van der Waals surface area contributed by atoms with Crippen LogP contribution in [0.3, 0.4) is 0 Å². The highest BCUT2D eigenvalue weighted by Crippen LogP contribution is 2.51. The summed E-state index contributed by atoms with van der Waals surface area (Å²) in [5.74, 6) is -0.378. The Morgan fingerprint density at radius 3 is 1.82 bits per heavy atom. The lowest BCUT2D eigenvalue weighted by atomic mass is 10.3. The first kappa shape index (κ1) is 16.3. The molecule has 0 unspecified atom stereocenters. The lowest BCUT2D eigenvalue weighted by molar-refractivity contribution is -0.116. The summed E-state index contributed by atoms with van der Waals surface area (Å²) >= 11 is 0. The number of carbonyl (C=O) groups is 1. The van der Waals surface area contributed by atoms with Gasteiger partial charge in [-0.3, -0.25) is 18.4 Å². The molecule has 0 N–H and O–H groups in total. The molecule has 0 radical (unpaired) electrons. The van der Waals surface area contributed by atoms with Gasteiger partial charge in [0.1, 0.15) is 0 Å². The Hall–Kier alpha value is -0.700. The van der Waals surface area contributed by atoms with Crippen molar-refractivity contribution in [3.05, 3.63) is 24.3 Å². The van der Waals surface area contributed by atoms with Crippen LogP contribution in [0.4, 0.5) is 0 Å². The van der Waals surface area contributed by atoms with Crippen molar-refractivity contribution in [2.75, 3.05) is 13.2 Å². The van der Waals surface area contributed by atoms with Gasteiger partial charge in [-0.05, 0) is 13.8 Å². The second kappa shape index (κ2) is 8.40. The van der Waals surface area contributed by atoms with E-state index in [2.05, 4.69) is 0 Å². The van der Waals surface area contributed by atoms with E-state index in [9.17, 15) is 9.36 Å². The molecule has 0 rings (SSSR count). The number of hydrogen-bond acceptors (Lipinski definition) is 4. The van der Waals surface area contributed by atoms with Gasteiger partial charge in [0.05, 0.1) is 13.2 Å². The highest BCUT2D eigenvalue weighted by atomic mass is 31.2. The van der Waals surface area contributed by atoms with Crippen LogP contribution < -0.4 is 0 Å². The van der Waals surface area contributed by atoms with E-state index in [1.165, 1.54) is 0 Å². The van der Waals surface area contributed by atoms with Crippen molar-refractivity contribution < 1.29 is 18.4 Å². The zero-order chi connectivity index (χ0) is 13.3. The molecule has 5 heteroatoms. The van der Waals surface area contributed by atoms with E-state index in [0.717, 1.165) is 0 Å². The first-order valence-corrected chi connectivity index (χ1v) is 7.18. The third kappa shape index (κ3) is 5.97. The number of hydrogen-bond donors (Lipinski definition) is 0. The fraction of sp³-hybridized carbons (Fsp3) is 0.583. The standard InChI is InChI=1S/C12H21O4P/c1-5-7-9-15-17(14,12(13)11(3)4)16-10-8-6-2/h5-8,11H,9-10H2,1-4H3/b7-5+,8-6+. The largest absolute Gasteiger partial charge is 0.397 e. The lowest BCUT2D eigenvalue weighted by Gasteiger charge is -2.17. The zero-order valence-corrected chi connectivity index (χ0v) is 11.8. The molecule has 0 bridgehead atoms. The maximum absolute atomic E-state index is 12.2. The maximum Gasteiger partial charge on any atom is 0.397 e. The van der Waals surface area contributed by atoms with Crippen LogP contribution in [0.15, 0.2) is 24.3 Å². The quantitative estimate of drug-likeness (QED) is 0.494. The van der Waals surface area contributed by atoms with E-state index < -0.39 is 13.1 Å². The Kier molecular flexibility index (Phi) is 8.05. The molecule has 0 heterocycles. The molecule has 17 heavy (non-hydrogen) atoms. The highest BCUT2D eigenvalue weighted by Gasteiger charge is 2.35. The summed E-state index contributed by atoms with van der Waals surface area (Å²) in [5.41, 5.74) is -0.480. The molecule has 0 aliphatic heterocycles. The Morgan fingerprint density at radius 2 is 1.53 bits per heavy atom. The van der Waals surface area contributed by atoms with Gasteiger partial charge in [-0.25, -0.2) is 0 Å². The summed E-state index contributed by atoms with van der Waals surface area (Å²) in [6, 6.07) is 0. The van der Waals surface area contributed by atoms with Gasteiger partial charge in [0.2, 0.25) is 5.52 Å². The molecule has 0 atom stereocenters. The Labute approximate surface area is 103 Å². The topological polar surface area (TPSA) is 52.6 Å². The van der Waals surface area contributed by atoms with Gasteiger partial charge in [0.25, 0.3) is 0 Å². The Bertz CT molecular complexity index is 311. The number of allylic oxidation sites excluding steroid dienone is 2. The first-order chi connectivity index (χ1) is 7.98. The third-order valence-corrected chi connectivity index (χ3v) is 3.95.